The van der Waals surface area contributed by atoms with E-state index in [0.717, 1.165) is 55.0 Å². The molecule has 0 amide bonds. The number of carbonyl (C=O) groups excluding carboxylic acids is 2. The fourth-order valence-corrected chi connectivity index (χ4v) is 13.6. The van der Waals surface area contributed by atoms with Gasteiger partial charge in [-0.1, -0.05) is 97.9 Å². The molecule has 2 aliphatic heterocycles. The lowest BCUT2D eigenvalue weighted by molar-refractivity contribution is -0.252. The van der Waals surface area contributed by atoms with Gasteiger partial charge in [0, 0.05) is 25.0 Å². The van der Waals surface area contributed by atoms with Gasteiger partial charge in [-0.25, -0.2) is 9.59 Å². The van der Waals surface area contributed by atoms with Crippen LogP contribution in [-0.4, -0.2) is 80.8 Å². The molecule has 58 heavy (non-hydrogen) atoms. The average molecular weight is 821 g/mol. The molecule has 6 rings (SSSR count). The van der Waals surface area contributed by atoms with Crippen molar-refractivity contribution in [3.05, 3.63) is 70.3 Å². The van der Waals surface area contributed by atoms with Crippen molar-refractivity contribution < 1.29 is 47.9 Å². The van der Waals surface area contributed by atoms with Gasteiger partial charge in [0.05, 0.1) is 43.0 Å². The first kappa shape index (κ1) is 44.3. The molecular weight excluding hydrogens is 753 g/mol. The van der Waals surface area contributed by atoms with E-state index in [2.05, 4.69) is 41.5 Å². The Morgan fingerprint density at radius 2 is 1.62 bits per heavy atom. The van der Waals surface area contributed by atoms with E-state index in [-0.39, 0.29) is 36.2 Å². The van der Waals surface area contributed by atoms with Crippen molar-refractivity contribution in [3.8, 4) is 11.5 Å². The van der Waals surface area contributed by atoms with Crippen LogP contribution in [0.5, 0.6) is 11.5 Å². The molecule has 0 aromatic heterocycles. The minimum Gasteiger partial charge on any atom is -0.507 e. The molecule has 2 aromatic rings. The third-order valence-corrected chi connectivity index (χ3v) is 19.1. The molecule has 1 saturated carbocycles. The number of aromatic hydroxyl groups is 1. The first-order chi connectivity index (χ1) is 27.7. The minimum atomic E-state index is -2.40. The van der Waals surface area contributed by atoms with E-state index in [0.29, 0.717) is 24.0 Å². The van der Waals surface area contributed by atoms with Gasteiger partial charge < -0.3 is 38.3 Å². The van der Waals surface area contributed by atoms with E-state index >= 15 is 0 Å². The number of phenols is 1. The summed E-state index contributed by atoms with van der Waals surface area (Å²) in [6, 6.07) is 13.2. The SMILES string of the molecule is CCCCCCC[C@@H]1Cc2cc(O)c(C(=O)OC)c3c2[C@H](O1)[C@H]1[C@@H](OC)/C=C(/COC(=O)c2ccccc2)[C@H]2CC(C)(C)[C@]2(O)[C@@H](O[Si](CC)(CC)CC)C[C@]1(C)O3. The number of benzene rings is 2. The number of aliphatic hydroxyl groups is 1. The van der Waals surface area contributed by atoms with Gasteiger partial charge in [0.1, 0.15) is 34.9 Å². The topological polar surface area (TPSA) is 130 Å². The zero-order valence-electron chi connectivity index (χ0n) is 36.4. The van der Waals surface area contributed by atoms with Crippen molar-refractivity contribution in [2.45, 2.75) is 160 Å². The van der Waals surface area contributed by atoms with Crippen LogP contribution in [0, 0.1) is 17.3 Å². The van der Waals surface area contributed by atoms with Crippen LogP contribution in [0.25, 0.3) is 0 Å². The number of unbranched alkanes of at least 4 members (excludes halogenated alkanes) is 4. The highest BCUT2D eigenvalue weighted by atomic mass is 28.4. The Hall–Kier alpha value is -3.22. The van der Waals surface area contributed by atoms with Gasteiger partial charge in [0.25, 0.3) is 0 Å². The highest BCUT2D eigenvalue weighted by molar-refractivity contribution is 6.73. The molecule has 1 fully saturated rings. The molecule has 2 N–H and O–H groups in total. The van der Waals surface area contributed by atoms with Crippen LogP contribution >= 0.6 is 0 Å². The van der Waals surface area contributed by atoms with Gasteiger partial charge in [-0.05, 0) is 79.1 Å². The molecule has 0 unspecified atom stereocenters. The molecule has 11 heteroatoms. The summed E-state index contributed by atoms with van der Waals surface area (Å²) in [5.74, 6) is -2.01. The first-order valence-electron chi connectivity index (χ1n) is 21.8. The number of fused-ring (bicyclic) bond motifs is 3. The molecule has 2 heterocycles. The third-order valence-electron chi connectivity index (χ3n) is 14.4. The summed E-state index contributed by atoms with van der Waals surface area (Å²) < 4.78 is 39.8. The molecular formula is C47H68O10Si. The van der Waals surface area contributed by atoms with Crippen LogP contribution in [0.3, 0.4) is 0 Å². The Morgan fingerprint density at radius 3 is 2.24 bits per heavy atom. The second kappa shape index (κ2) is 17.8. The lowest BCUT2D eigenvalue weighted by Gasteiger charge is -2.64. The van der Waals surface area contributed by atoms with Gasteiger partial charge in [0.15, 0.2) is 8.32 Å². The summed E-state index contributed by atoms with van der Waals surface area (Å²) in [4.78, 5) is 27.0. The van der Waals surface area contributed by atoms with Crippen molar-refractivity contribution in [3.63, 3.8) is 0 Å². The summed E-state index contributed by atoms with van der Waals surface area (Å²) >= 11 is 0. The van der Waals surface area contributed by atoms with Crippen molar-refractivity contribution >= 4 is 20.3 Å². The maximum absolute atomic E-state index is 13.5. The first-order valence-corrected chi connectivity index (χ1v) is 24.4. The van der Waals surface area contributed by atoms with Crippen LogP contribution in [0.2, 0.25) is 18.1 Å². The third kappa shape index (κ3) is 8.03. The van der Waals surface area contributed by atoms with Gasteiger partial charge >= 0.3 is 11.9 Å². The number of carbonyl (C=O) groups is 2. The lowest BCUT2D eigenvalue weighted by Crippen LogP contribution is -2.71. The normalized spacial score (nSPS) is 30.7. The van der Waals surface area contributed by atoms with Gasteiger partial charge in [-0.3, -0.25) is 0 Å². The second-order valence-electron chi connectivity index (χ2n) is 18.1. The number of methoxy groups -OCH3 is 2. The molecule has 0 saturated heterocycles. The molecule has 2 aliphatic carbocycles. The van der Waals surface area contributed by atoms with E-state index in [1.807, 2.05) is 19.1 Å². The monoisotopic (exact) mass is 820 g/mol. The van der Waals surface area contributed by atoms with Gasteiger partial charge in [-0.15, -0.1) is 0 Å². The van der Waals surface area contributed by atoms with Crippen molar-refractivity contribution in [2.24, 2.45) is 17.3 Å². The van der Waals surface area contributed by atoms with Crippen LogP contribution in [0.15, 0.2) is 48.0 Å². The molecule has 320 valence electrons. The van der Waals surface area contributed by atoms with Crippen LogP contribution in [0.4, 0.5) is 0 Å². The van der Waals surface area contributed by atoms with E-state index in [1.54, 1.807) is 37.4 Å². The quantitative estimate of drug-likeness (QED) is 0.0731. The fraction of sp³-hybridized carbons (Fsp3) is 0.660. The van der Waals surface area contributed by atoms with E-state index < -0.39 is 67.0 Å². The Kier molecular flexibility index (Phi) is 13.6. The molecule has 2 aromatic carbocycles. The number of hydrogen-bond donors (Lipinski definition) is 2. The Morgan fingerprint density at radius 1 is 0.931 bits per heavy atom. The van der Waals surface area contributed by atoms with Crippen molar-refractivity contribution in [1.29, 1.82) is 0 Å². The van der Waals surface area contributed by atoms with Crippen molar-refractivity contribution in [1.82, 2.24) is 0 Å². The highest BCUT2D eigenvalue weighted by Gasteiger charge is 2.68. The molecule has 0 radical (unpaired) electrons. The summed E-state index contributed by atoms with van der Waals surface area (Å²) in [5.41, 5.74) is -0.373. The predicted octanol–water partition coefficient (Wildman–Crippen LogP) is 9.66. The standard InChI is InChI=1S/C47H68O10Si/c1-10-14-15-16-20-23-33-24-31-25-35(48)39(44(50)53-9)41-38(31)42(55-33)40-36(52-8)26-32(29-54-43(49)30-21-18-17-19-22-30)34-27-45(5,6)47(34,51)37(28-46(40,7)56-41)57-58(11-2,12-3)13-4/h17-19,21-22,25-26,33-34,36-37,40,42,48,51H,10-16,20,23-24,27-29H2,1-9H3/b32-26-/t33-,34-,36+,37+,40-,42+,46+,47-/m1/s1. The number of rotatable bonds is 16. The summed E-state index contributed by atoms with van der Waals surface area (Å²) in [6.07, 6.45) is 7.86. The Balaban J connectivity index is 1.54. The fourth-order valence-electron chi connectivity index (χ4n) is 10.7. The number of esters is 2. The lowest BCUT2D eigenvalue weighted by atomic mass is 9.47. The van der Waals surface area contributed by atoms with E-state index in [9.17, 15) is 19.8 Å². The predicted molar refractivity (Wildman–Crippen MR) is 226 cm³/mol. The summed E-state index contributed by atoms with van der Waals surface area (Å²) in [7, 11) is 0.569. The molecule has 10 nitrogen and oxygen atoms in total. The molecule has 8 atom stereocenters. The molecule has 0 bridgehead atoms. The number of phenolic OH excluding ortho intramolecular Hbond substituents is 1. The second-order valence-corrected chi connectivity index (χ2v) is 22.8. The van der Waals surface area contributed by atoms with Crippen LogP contribution < -0.4 is 4.74 Å². The summed E-state index contributed by atoms with van der Waals surface area (Å²) in [5, 5.41) is 25.0. The van der Waals surface area contributed by atoms with Crippen LogP contribution in [-0.2, 0) is 29.8 Å². The van der Waals surface area contributed by atoms with Crippen molar-refractivity contribution in [2.75, 3.05) is 20.8 Å². The Bertz CT molecular complexity index is 1800. The largest absolute Gasteiger partial charge is 0.507 e. The van der Waals surface area contributed by atoms with E-state index in [4.69, 9.17) is 28.1 Å². The smallest absolute Gasteiger partial charge is 0.345 e. The summed E-state index contributed by atoms with van der Waals surface area (Å²) in [6.45, 7) is 14.9. The zero-order chi connectivity index (χ0) is 42.0. The van der Waals surface area contributed by atoms with E-state index in [1.165, 1.54) is 20.0 Å². The van der Waals surface area contributed by atoms with Gasteiger partial charge in [0.2, 0.25) is 0 Å². The average Bonchev–Trinajstić information content (AvgIpc) is 3.23. The maximum Gasteiger partial charge on any atom is 0.345 e. The number of ether oxygens (including phenoxy) is 5. The van der Waals surface area contributed by atoms with Gasteiger partial charge in [-0.2, -0.15) is 0 Å². The van der Waals surface area contributed by atoms with Crippen LogP contribution in [0.1, 0.15) is 138 Å². The minimum absolute atomic E-state index is 0.0390. The molecule has 4 aliphatic rings. The zero-order valence-corrected chi connectivity index (χ0v) is 37.4. The molecule has 0 spiro atoms. The highest BCUT2D eigenvalue weighted by Crippen LogP contribution is 2.64. The Labute approximate surface area is 347 Å². The maximum atomic E-state index is 13.5. The number of hydrogen-bond acceptors (Lipinski definition) is 10.